The molecule has 3 aromatic rings. The van der Waals surface area contributed by atoms with Crippen molar-refractivity contribution < 1.29 is 9.59 Å². The number of anilines is 2. The molecule has 6 nitrogen and oxygen atoms in total. The molecule has 0 atom stereocenters. The lowest BCUT2D eigenvalue weighted by atomic mass is 10.1. The molecule has 2 heterocycles. The third-order valence-electron chi connectivity index (χ3n) is 6.07. The molecule has 0 saturated heterocycles. The quantitative estimate of drug-likeness (QED) is 0.412. The van der Waals surface area contributed by atoms with Crippen molar-refractivity contribution in [2.24, 2.45) is 0 Å². The van der Waals surface area contributed by atoms with Crippen LogP contribution in [0, 0.1) is 6.92 Å². The van der Waals surface area contributed by atoms with Crippen molar-refractivity contribution >= 4 is 34.2 Å². The first-order valence-electron chi connectivity index (χ1n) is 11.2. The van der Waals surface area contributed by atoms with Crippen molar-refractivity contribution in [2.45, 2.75) is 46.7 Å². The standard InChI is InChI=1S/C27H26N4O2/c1-15(2)30-23(13-12-19-24(32)18-11-10-17(5)14-20(18)25(19)33)31(16(3)4)27-26(30)28-21-8-6-7-9-22(21)29-27/h6-16H,1-5H3/b19-12+. The first-order valence-corrected chi connectivity index (χ1v) is 11.2. The monoisotopic (exact) mass is 438 g/mol. The van der Waals surface area contributed by atoms with E-state index >= 15 is 0 Å². The molecule has 0 N–H and O–H groups in total. The van der Waals surface area contributed by atoms with Gasteiger partial charge < -0.3 is 9.80 Å². The Labute approximate surface area is 193 Å². The largest absolute Gasteiger partial charge is 0.307 e. The summed E-state index contributed by atoms with van der Waals surface area (Å²) in [6, 6.07) is 13.4. The highest BCUT2D eigenvalue weighted by Gasteiger charge is 2.38. The van der Waals surface area contributed by atoms with E-state index < -0.39 is 0 Å². The second-order valence-corrected chi connectivity index (χ2v) is 9.10. The molecular formula is C27H26N4O2. The van der Waals surface area contributed by atoms with E-state index in [0.717, 1.165) is 34.1 Å². The maximum Gasteiger partial charge on any atom is 0.197 e. The fourth-order valence-electron chi connectivity index (χ4n) is 4.56. The fraction of sp³-hybridized carbons (Fsp3) is 0.259. The van der Waals surface area contributed by atoms with Gasteiger partial charge in [-0.05, 0) is 65.0 Å². The molecule has 33 heavy (non-hydrogen) atoms. The number of rotatable bonds is 3. The summed E-state index contributed by atoms with van der Waals surface area (Å²) >= 11 is 0. The van der Waals surface area contributed by atoms with Crippen LogP contribution in [0.3, 0.4) is 0 Å². The number of fused-ring (bicyclic) bond motifs is 3. The van der Waals surface area contributed by atoms with E-state index in [9.17, 15) is 9.59 Å². The van der Waals surface area contributed by atoms with Gasteiger partial charge in [0.1, 0.15) is 5.82 Å². The van der Waals surface area contributed by atoms with Crippen LogP contribution in [-0.4, -0.2) is 33.6 Å². The summed E-state index contributed by atoms with van der Waals surface area (Å²) in [5.74, 6) is 1.97. The molecule has 0 amide bonds. The summed E-state index contributed by atoms with van der Waals surface area (Å²) in [5.41, 5.74) is 3.77. The van der Waals surface area contributed by atoms with Crippen LogP contribution < -0.4 is 9.80 Å². The zero-order chi connectivity index (χ0) is 23.4. The van der Waals surface area contributed by atoms with Gasteiger partial charge in [-0.2, -0.15) is 0 Å². The Kier molecular flexibility index (Phi) is 4.89. The van der Waals surface area contributed by atoms with E-state index in [-0.39, 0.29) is 29.2 Å². The Bertz CT molecular complexity index is 1330. The van der Waals surface area contributed by atoms with Crippen molar-refractivity contribution in [3.05, 3.63) is 82.7 Å². The van der Waals surface area contributed by atoms with Gasteiger partial charge in [0.2, 0.25) is 0 Å². The van der Waals surface area contributed by atoms with Crippen molar-refractivity contribution in [3.63, 3.8) is 0 Å². The van der Waals surface area contributed by atoms with Gasteiger partial charge in [-0.3, -0.25) is 9.59 Å². The van der Waals surface area contributed by atoms with Crippen LogP contribution in [0.15, 0.2) is 66.0 Å². The SMILES string of the molecule is Cc1ccc2c(c1)C(=O)/C(=C/C=C1N(C(C)C)c3nc4ccccc4nc3N1C(C)C)C2=O. The fourth-order valence-corrected chi connectivity index (χ4v) is 4.56. The Morgan fingerprint density at radius 1 is 0.758 bits per heavy atom. The molecule has 6 heteroatoms. The number of aromatic nitrogens is 2. The molecule has 5 rings (SSSR count). The Hall–Kier alpha value is -3.80. The van der Waals surface area contributed by atoms with Gasteiger partial charge in [-0.1, -0.05) is 29.8 Å². The predicted molar refractivity (Wildman–Crippen MR) is 131 cm³/mol. The number of para-hydroxylation sites is 2. The van der Waals surface area contributed by atoms with Gasteiger partial charge in [0.05, 0.1) is 16.6 Å². The Balaban J connectivity index is 1.65. The lowest BCUT2D eigenvalue weighted by molar-refractivity contribution is 0.0988. The number of allylic oxidation sites excluding steroid dienone is 3. The average Bonchev–Trinajstić information content (AvgIpc) is 3.21. The predicted octanol–water partition coefficient (Wildman–Crippen LogP) is 5.23. The van der Waals surface area contributed by atoms with Gasteiger partial charge in [-0.25, -0.2) is 9.97 Å². The van der Waals surface area contributed by atoms with Crippen LogP contribution in [0.1, 0.15) is 54.0 Å². The van der Waals surface area contributed by atoms with Crippen LogP contribution in [0.5, 0.6) is 0 Å². The van der Waals surface area contributed by atoms with Crippen LogP contribution in [-0.2, 0) is 0 Å². The topological polar surface area (TPSA) is 66.4 Å². The zero-order valence-electron chi connectivity index (χ0n) is 19.5. The number of hydrogen-bond donors (Lipinski definition) is 0. The normalized spacial score (nSPS) is 16.6. The minimum atomic E-state index is -0.225. The molecule has 0 unspecified atom stereocenters. The average molecular weight is 439 g/mol. The number of carbonyl (C=O) groups excluding carboxylic acids is 2. The summed E-state index contributed by atoms with van der Waals surface area (Å²) < 4.78 is 0. The lowest BCUT2D eigenvalue weighted by Crippen LogP contribution is -2.36. The molecule has 0 saturated carbocycles. The van der Waals surface area contributed by atoms with E-state index in [1.807, 2.05) is 43.3 Å². The smallest absolute Gasteiger partial charge is 0.197 e. The van der Waals surface area contributed by atoms with E-state index in [1.54, 1.807) is 18.2 Å². The van der Waals surface area contributed by atoms with Crippen molar-refractivity contribution in [3.8, 4) is 0 Å². The van der Waals surface area contributed by atoms with Gasteiger partial charge >= 0.3 is 0 Å². The molecular weight excluding hydrogens is 412 g/mol. The van der Waals surface area contributed by atoms with Crippen molar-refractivity contribution in [1.82, 2.24) is 9.97 Å². The maximum absolute atomic E-state index is 13.0. The maximum atomic E-state index is 13.0. The number of carbonyl (C=O) groups is 2. The second kappa shape index (κ2) is 7.66. The first-order chi connectivity index (χ1) is 15.8. The van der Waals surface area contributed by atoms with Crippen LogP contribution >= 0.6 is 0 Å². The molecule has 0 radical (unpaired) electrons. The highest BCUT2D eigenvalue weighted by molar-refractivity contribution is 6.39. The summed E-state index contributed by atoms with van der Waals surface area (Å²) in [6.07, 6.45) is 3.52. The summed E-state index contributed by atoms with van der Waals surface area (Å²) in [7, 11) is 0. The summed E-state index contributed by atoms with van der Waals surface area (Å²) in [6.45, 7) is 10.3. The van der Waals surface area contributed by atoms with E-state index in [1.165, 1.54) is 0 Å². The molecule has 0 spiro atoms. The third kappa shape index (κ3) is 3.25. The number of nitrogens with zero attached hydrogens (tertiary/aromatic N) is 4. The van der Waals surface area contributed by atoms with E-state index in [2.05, 4.69) is 37.5 Å². The molecule has 166 valence electrons. The van der Waals surface area contributed by atoms with Gasteiger partial charge in [0.15, 0.2) is 23.2 Å². The first kappa shape index (κ1) is 21.1. The molecule has 1 aliphatic heterocycles. The summed E-state index contributed by atoms with van der Waals surface area (Å²) in [4.78, 5) is 40.0. The van der Waals surface area contributed by atoms with Gasteiger partial charge in [0.25, 0.3) is 0 Å². The van der Waals surface area contributed by atoms with Crippen LogP contribution in [0.2, 0.25) is 0 Å². The number of Topliss-reactive ketones (excluding diaryl/α,β-unsaturated/α-hetero) is 2. The van der Waals surface area contributed by atoms with E-state index in [4.69, 9.17) is 9.97 Å². The van der Waals surface area contributed by atoms with Gasteiger partial charge in [0, 0.05) is 23.2 Å². The number of hydrogen-bond acceptors (Lipinski definition) is 6. The molecule has 1 aliphatic carbocycles. The number of ketones is 2. The van der Waals surface area contributed by atoms with Crippen molar-refractivity contribution in [2.75, 3.05) is 9.80 Å². The van der Waals surface area contributed by atoms with Gasteiger partial charge in [-0.15, -0.1) is 0 Å². The second-order valence-electron chi connectivity index (χ2n) is 9.10. The minimum absolute atomic E-state index is 0.0995. The minimum Gasteiger partial charge on any atom is -0.307 e. The molecule has 0 fully saturated rings. The number of benzene rings is 2. The highest BCUT2D eigenvalue weighted by Crippen LogP contribution is 2.42. The van der Waals surface area contributed by atoms with Crippen LogP contribution in [0.4, 0.5) is 11.6 Å². The number of aryl methyl sites for hydroxylation is 1. The Morgan fingerprint density at radius 2 is 1.30 bits per heavy atom. The third-order valence-corrected chi connectivity index (χ3v) is 6.07. The highest BCUT2D eigenvalue weighted by atomic mass is 16.2. The van der Waals surface area contributed by atoms with Crippen molar-refractivity contribution in [1.29, 1.82) is 0 Å². The Morgan fingerprint density at radius 3 is 1.85 bits per heavy atom. The molecule has 2 aliphatic rings. The molecule has 2 aromatic carbocycles. The van der Waals surface area contributed by atoms with E-state index in [0.29, 0.717) is 11.1 Å². The zero-order valence-corrected chi connectivity index (χ0v) is 19.5. The summed E-state index contributed by atoms with van der Waals surface area (Å²) in [5, 5.41) is 0. The van der Waals surface area contributed by atoms with Crippen LogP contribution in [0.25, 0.3) is 11.0 Å². The lowest BCUT2D eigenvalue weighted by Gasteiger charge is -2.29. The molecule has 0 bridgehead atoms. The molecule has 1 aromatic heterocycles.